The van der Waals surface area contributed by atoms with E-state index in [2.05, 4.69) is 16.0 Å². The van der Waals surface area contributed by atoms with Crippen LogP contribution in [0.15, 0.2) is 83.8 Å². The molecule has 0 aliphatic carbocycles. The molecule has 0 spiro atoms. The number of benzene rings is 3. The highest BCUT2D eigenvalue weighted by Crippen LogP contribution is 2.16. The van der Waals surface area contributed by atoms with Gasteiger partial charge in [0.15, 0.2) is 0 Å². The lowest BCUT2D eigenvalue weighted by atomic mass is 10.1. The Bertz CT molecular complexity index is 1290. The second-order valence-electron chi connectivity index (χ2n) is 7.72. The molecule has 3 rings (SSSR count). The molecule has 0 saturated heterocycles. The summed E-state index contributed by atoms with van der Waals surface area (Å²) in [7, 11) is -0.705. The van der Waals surface area contributed by atoms with E-state index in [1.54, 1.807) is 48.5 Å². The van der Waals surface area contributed by atoms with Crippen molar-refractivity contribution in [2.45, 2.75) is 4.90 Å². The molecule has 35 heavy (non-hydrogen) atoms. The van der Waals surface area contributed by atoms with Gasteiger partial charge >= 0.3 is 0 Å². The van der Waals surface area contributed by atoms with E-state index in [0.29, 0.717) is 22.4 Å². The van der Waals surface area contributed by atoms with Crippen molar-refractivity contribution in [2.24, 2.45) is 0 Å². The summed E-state index contributed by atoms with van der Waals surface area (Å²) in [5.41, 5.74) is 1.72. The van der Waals surface area contributed by atoms with Crippen LogP contribution in [0.3, 0.4) is 0 Å². The van der Waals surface area contributed by atoms with Crippen LogP contribution in [0.4, 0.5) is 5.69 Å². The van der Waals surface area contributed by atoms with Crippen molar-refractivity contribution in [2.75, 3.05) is 32.5 Å². The molecule has 0 saturated carbocycles. The number of carbonyl (C=O) groups excluding carboxylic acids is 3. The van der Waals surface area contributed by atoms with E-state index in [4.69, 9.17) is 0 Å². The van der Waals surface area contributed by atoms with Gasteiger partial charge in [0.25, 0.3) is 17.7 Å². The van der Waals surface area contributed by atoms with Gasteiger partial charge in [0.1, 0.15) is 0 Å². The quantitative estimate of drug-likeness (QED) is 0.394. The van der Waals surface area contributed by atoms with Crippen LogP contribution in [0, 0.1) is 0 Å². The van der Waals surface area contributed by atoms with E-state index < -0.39 is 15.9 Å². The minimum atomic E-state index is -3.57. The Balaban J connectivity index is 1.49. The first kappa shape index (κ1) is 25.6. The predicted molar refractivity (Wildman–Crippen MR) is 133 cm³/mol. The highest BCUT2D eigenvalue weighted by atomic mass is 32.2. The molecule has 10 heteroatoms. The molecule has 0 fully saturated rings. The summed E-state index contributed by atoms with van der Waals surface area (Å²) in [4.78, 5) is 36.9. The van der Waals surface area contributed by atoms with Gasteiger partial charge in [0.2, 0.25) is 10.0 Å². The number of nitrogens with one attached hydrogen (secondary N) is 3. The molecule has 0 aliphatic heterocycles. The standard InChI is InChI=1S/C25H26N4O5S/c1-29(2)35(33,34)22-14-10-20(11-15-22)25(32)28-21-12-8-19(9-13-21)24(31)27-17-16-26-23(30)18-6-4-3-5-7-18/h3-15H,16-17H2,1-2H3,(H,26,30)(H,27,31)(H,28,32). The number of carbonyl (C=O) groups is 3. The van der Waals surface area contributed by atoms with Gasteiger partial charge in [-0.15, -0.1) is 0 Å². The Kier molecular flexibility index (Phi) is 8.34. The maximum absolute atomic E-state index is 12.5. The summed E-state index contributed by atoms with van der Waals surface area (Å²) in [6.45, 7) is 0.539. The molecule has 0 atom stereocenters. The highest BCUT2D eigenvalue weighted by Gasteiger charge is 2.17. The fourth-order valence-corrected chi connectivity index (χ4v) is 3.94. The van der Waals surface area contributed by atoms with Gasteiger partial charge in [-0.3, -0.25) is 14.4 Å². The Labute approximate surface area is 204 Å². The van der Waals surface area contributed by atoms with Crippen molar-refractivity contribution < 1.29 is 22.8 Å². The van der Waals surface area contributed by atoms with Crippen LogP contribution in [-0.4, -0.2) is 57.6 Å². The molecule has 0 bridgehead atoms. The molecular formula is C25H26N4O5S. The van der Waals surface area contributed by atoms with Crippen molar-refractivity contribution in [1.82, 2.24) is 14.9 Å². The summed E-state index contributed by atoms with van der Waals surface area (Å²) in [6.07, 6.45) is 0. The molecule has 3 aromatic rings. The van der Waals surface area contributed by atoms with Crippen molar-refractivity contribution >= 4 is 33.4 Å². The van der Waals surface area contributed by atoms with Crippen LogP contribution in [0.5, 0.6) is 0 Å². The number of anilines is 1. The van der Waals surface area contributed by atoms with Crippen LogP contribution in [0.2, 0.25) is 0 Å². The molecule has 3 amide bonds. The molecule has 0 heterocycles. The van der Waals surface area contributed by atoms with E-state index >= 15 is 0 Å². The van der Waals surface area contributed by atoms with Gasteiger partial charge in [-0.05, 0) is 60.7 Å². The Hall–Kier alpha value is -4.02. The van der Waals surface area contributed by atoms with E-state index in [1.807, 2.05) is 6.07 Å². The topological polar surface area (TPSA) is 125 Å². The molecule has 182 valence electrons. The molecule has 3 N–H and O–H groups in total. The van der Waals surface area contributed by atoms with E-state index in [0.717, 1.165) is 4.31 Å². The first-order chi connectivity index (χ1) is 16.7. The summed E-state index contributed by atoms with van der Waals surface area (Å²) in [6, 6.07) is 20.7. The monoisotopic (exact) mass is 494 g/mol. The fourth-order valence-electron chi connectivity index (χ4n) is 3.04. The van der Waals surface area contributed by atoms with Crippen LogP contribution in [0.1, 0.15) is 31.1 Å². The second kappa shape index (κ2) is 11.4. The van der Waals surface area contributed by atoms with Crippen molar-refractivity contribution in [3.63, 3.8) is 0 Å². The lowest BCUT2D eigenvalue weighted by Crippen LogP contribution is -2.34. The number of amides is 3. The average Bonchev–Trinajstić information content (AvgIpc) is 2.87. The average molecular weight is 495 g/mol. The molecule has 0 unspecified atom stereocenters. The van der Waals surface area contributed by atoms with Crippen LogP contribution >= 0.6 is 0 Å². The smallest absolute Gasteiger partial charge is 0.255 e. The number of hydrogen-bond acceptors (Lipinski definition) is 5. The maximum Gasteiger partial charge on any atom is 0.255 e. The van der Waals surface area contributed by atoms with Crippen LogP contribution < -0.4 is 16.0 Å². The van der Waals surface area contributed by atoms with Gasteiger partial charge in [-0.1, -0.05) is 18.2 Å². The molecular weight excluding hydrogens is 468 g/mol. The predicted octanol–water partition coefficient (Wildman–Crippen LogP) is 2.35. The van der Waals surface area contributed by atoms with E-state index in [-0.39, 0.29) is 29.8 Å². The Morgan fingerprint density at radius 2 is 1.11 bits per heavy atom. The summed E-state index contributed by atoms with van der Waals surface area (Å²) in [5.74, 6) is -0.936. The molecule has 0 radical (unpaired) electrons. The van der Waals surface area contributed by atoms with E-state index in [9.17, 15) is 22.8 Å². The molecule has 0 aliphatic rings. The molecule has 0 aromatic heterocycles. The van der Waals surface area contributed by atoms with Crippen molar-refractivity contribution in [1.29, 1.82) is 0 Å². The zero-order valence-electron chi connectivity index (χ0n) is 19.3. The minimum Gasteiger partial charge on any atom is -0.350 e. The third kappa shape index (κ3) is 6.75. The number of nitrogens with zero attached hydrogens (tertiary/aromatic N) is 1. The van der Waals surface area contributed by atoms with Crippen molar-refractivity contribution in [3.05, 3.63) is 95.6 Å². The highest BCUT2D eigenvalue weighted by molar-refractivity contribution is 7.89. The Morgan fingerprint density at radius 1 is 0.657 bits per heavy atom. The van der Waals surface area contributed by atoms with E-state index in [1.165, 1.54) is 38.4 Å². The lowest BCUT2D eigenvalue weighted by molar-refractivity contribution is 0.0927. The van der Waals surface area contributed by atoms with Crippen molar-refractivity contribution in [3.8, 4) is 0 Å². The normalized spacial score (nSPS) is 11.1. The SMILES string of the molecule is CN(C)S(=O)(=O)c1ccc(C(=O)Nc2ccc(C(=O)NCCNC(=O)c3ccccc3)cc2)cc1. The van der Waals surface area contributed by atoms with Gasteiger partial charge in [0, 0.05) is 49.6 Å². The molecule has 9 nitrogen and oxygen atoms in total. The number of sulfonamides is 1. The van der Waals surface area contributed by atoms with Crippen LogP contribution in [-0.2, 0) is 10.0 Å². The Morgan fingerprint density at radius 3 is 1.63 bits per heavy atom. The zero-order chi connectivity index (χ0) is 25.4. The van der Waals surface area contributed by atoms with Gasteiger partial charge in [-0.2, -0.15) is 0 Å². The van der Waals surface area contributed by atoms with Gasteiger partial charge in [-0.25, -0.2) is 12.7 Å². The maximum atomic E-state index is 12.5. The lowest BCUT2D eigenvalue weighted by Gasteiger charge is -2.12. The second-order valence-corrected chi connectivity index (χ2v) is 9.87. The molecule has 3 aromatic carbocycles. The number of hydrogen-bond donors (Lipinski definition) is 3. The third-order valence-corrected chi connectivity index (χ3v) is 6.86. The summed E-state index contributed by atoms with van der Waals surface area (Å²) in [5, 5.41) is 8.16. The third-order valence-electron chi connectivity index (χ3n) is 5.03. The first-order valence-electron chi connectivity index (χ1n) is 10.7. The largest absolute Gasteiger partial charge is 0.350 e. The van der Waals surface area contributed by atoms with Gasteiger partial charge < -0.3 is 16.0 Å². The van der Waals surface area contributed by atoms with Gasteiger partial charge in [0.05, 0.1) is 4.90 Å². The first-order valence-corrected chi connectivity index (χ1v) is 12.2. The summed E-state index contributed by atoms with van der Waals surface area (Å²) < 4.78 is 25.4. The number of rotatable bonds is 9. The van der Waals surface area contributed by atoms with Crippen LogP contribution in [0.25, 0.3) is 0 Å². The fraction of sp³-hybridized carbons (Fsp3) is 0.160. The zero-order valence-corrected chi connectivity index (χ0v) is 20.1. The summed E-state index contributed by atoms with van der Waals surface area (Å²) >= 11 is 0. The minimum absolute atomic E-state index is 0.0917.